The third-order valence-electron chi connectivity index (χ3n) is 4.94. The van der Waals surface area contributed by atoms with E-state index < -0.39 is 0 Å². The van der Waals surface area contributed by atoms with Crippen molar-refractivity contribution in [3.05, 3.63) is 16.6 Å². The average Bonchev–Trinajstić information content (AvgIpc) is 3.18. The molecule has 0 saturated heterocycles. The lowest BCUT2D eigenvalue weighted by molar-refractivity contribution is -0.133. The number of hydrogen-bond acceptors (Lipinski definition) is 5. The first-order valence-electron chi connectivity index (χ1n) is 10.4. The van der Waals surface area contributed by atoms with E-state index in [0.717, 1.165) is 13.1 Å². The molecule has 0 spiro atoms. The normalized spacial score (nSPS) is 16.8. The van der Waals surface area contributed by atoms with E-state index >= 15 is 0 Å². The minimum atomic E-state index is -0.257. The number of fused-ring (bicyclic) bond motifs is 2. The van der Waals surface area contributed by atoms with Gasteiger partial charge in [0.05, 0.1) is 17.8 Å². The second-order valence-corrected chi connectivity index (χ2v) is 10.8. The first-order chi connectivity index (χ1) is 13.5. The van der Waals surface area contributed by atoms with Crippen molar-refractivity contribution in [2.75, 3.05) is 18.8 Å². The molecule has 2 aromatic heterocycles. The molecule has 1 aliphatic rings. The Morgan fingerprint density at radius 1 is 1.24 bits per heavy atom. The summed E-state index contributed by atoms with van der Waals surface area (Å²) in [4.78, 5) is 33.0. The molecule has 0 N–H and O–H groups in total. The van der Waals surface area contributed by atoms with Gasteiger partial charge in [-0.1, -0.05) is 39.5 Å². The van der Waals surface area contributed by atoms with Crippen molar-refractivity contribution in [1.82, 2.24) is 24.2 Å². The van der Waals surface area contributed by atoms with Crippen molar-refractivity contribution in [1.29, 1.82) is 0 Å². The summed E-state index contributed by atoms with van der Waals surface area (Å²) in [6, 6.07) is -0.160. The Kier molecular flexibility index (Phi) is 6.13. The SMILES string of the molecule is CC(C)CN(CC(C)C)C(=O)CC1CSc2nc3c(cnn3C(C)(C)C)c(=O)n21. The zero-order valence-corrected chi connectivity index (χ0v) is 19.4. The maximum Gasteiger partial charge on any atom is 0.265 e. The van der Waals surface area contributed by atoms with Gasteiger partial charge in [0, 0.05) is 25.3 Å². The third kappa shape index (κ3) is 4.52. The molecule has 0 radical (unpaired) electrons. The predicted molar refractivity (Wildman–Crippen MR) is 117 cm³/mol. The van der Waals surface area contributed by atoms with Crippen LogP contribution < -0.4 is 5.56 Å². The lowest BCUT2D eigenvalue weighted by Gasteiger charge is -2.27. The van der Waals surface area contributed by atoms with Crippen molar-refractivity contribution in [3.63, 3.8) is 0 Å². The van der Waals surface area contributed by atoms with E-state index in [1.165, 1.54) is 0 Å². The number of rotatable bonds is 6. The second-order valence-electron chi connectivity index (χ2n) is 9.79. The Bertz CT molecular complexity index is 944. The van der Waals surface area contributed by atoms with Crippen molar-refractivity contribution in [2.45, 2.75) is 71.6 Å². The fourth-order valence-corrected chi connectivity index (χ4v) is 4.89. The van der Waals surface area contributed by atoms with Gasteiger partial charge in [-0.05, 0) is 32.6 Å². The van der Waals surface area contributed by atoms with Crippen LogP contribution in [-0.4, -0.2) is 49.0 Å². The Morgan fingerprint density at radius 2 is 1.86 bits per heavy atom. The van der Waals surface area contributed by atoms with Gasteiger partial charge in [0.2, 0.25) is 5.91 Å². The van der Waals surface area contributed by atoms with Crippen LogP contribution in [0.1, 0.15) is 60.9 Å². The van der Waals surface area contributed by atoms with Crippen LogP contribution in [0.4, 0.5) is 0 Å². The summed E-state index contributed by atoms with van der Waals surface area (Å²) in [5, 5.41) is 5.61. The largest absolute Gasteiger partial charge is 0.342 e. The number of thioether (sulfide) groups is 1. The van der Waals surface area contributed by atoms with Gasteiger partial charge < -0.3 is 4.90 Å². The fourth-order valence-electron chi connectivity index (χ4n) is 3.76. The highest BCUT2D eigenvalue weighted by atomic mass is 32.2. The number of carbonyl (C=O) groups excluding carboxylic acids is 1. The van der Waals surface area contributed by atoms with E-state index in [4.69, 9.17) is 4.98 Å². The van der Waals surface area contributed by atoms with Crippen LogP contribution in [0.2, 0.25) is 0 Å². The molecule has 160 valence electrons. The fraction of sp³-hybridized carbons (Fsp3) is 0.714. The molecule has 2 aromatic rings. The van der Waals surface area contributed by atoms with Crippen LogP contribution >= 0.6 is 11.8 Å². The maximum absolute atomic E-state index is 13.2. The lowest BCUT2D eigenvalue weighted by atomic mass is 10.1. The second kappa shape index (κ2) is 8.13. The molecule has 29 heavy (non-hydrogen) atoms. The van der Waals surface area contributed by atoms with Gasteiger partial charge in [0.15, 0.2) is 10.8 Å². The standard InChI is InChI=1S/C21H33N5O2S/c1-13(2)10-24(11-14(3)4)17(27)8-15-12-29-20-23-18-16(19(28)25(15)20)9-22-26(18)21(5,6)7/h9,13-15H,8,10-12H2,1-7H3. The van der Waals surface area contributed by atoms with Gasteiger partial charge in [-0.3, -0.25) is 14.2 Å². The maximum atomic E-state index is 13.2. The van der Waals surface area contributed by atoms with Crippen LogP contribution in [0.15, 0.2) is 16.1 Å². The monoisotopic (exact) mass is 419 g/mol. The molecule has 0 saturated carbocycles. The third-order valence-corrected chi connectivity index (χ3v) is 6.04. The van der Waals surface area contributed by atoms with E-state index in [-0.39, 0.29) is 23.0 Å². The smallest absolute Gasteiger partial charge is 0.265 e. The van der Waals surface area contributed by atoms with Gasteiger partial charge in [0.25, 0.3) is 5.56 Å². The van der Waals surface area contributed by atoms with Crippen LogP contribution in [0, 0.1) is 11.8 Å². The van der Waals surface area contributed by atoms with E-state index in [1.807, 2.05) is 25.7 Å². The van der Waals surface area contributed by atoms with Crippen LogP contribution in [0.3, 0.4) is 0 Å². The average molecular weight is 420 g/mol. The first-order valence-corrected chi connectivity index (χ1v) is 11.4. The van der Waals surface area contributed by atoms with Crippen LogP contribution in [0.5, 0.6) is 0 Å². The van der Waals surface area contributed by atoms with E-state index in [1.54, 1.807) is 27.2 Å². The van der Waals surface area contributed by atoms with Crippen molar-refractivity contribution in [2.24, 2.45) is 11.8 Å². The van der Waals surface area contributed by atoms with Gasteiger partial charge in [0.1, 0.15) is 5.39 Å². The summed E-state index contributed by atoms with van der Waals surface area (Å²) >= 11 is 1.55. The molecular formula is C21H33N5O2S. The van der Waals surface area contributed by atoms with E-state index in [2.05, 4.69) is 32.8 Å². The number of nitrogens with zero attached hydrogens (tertiary/aromatic N) is 5. The van der Waals surface area contributed by atoms with Gasteiger partial charge >= 0.3 is 0 Å². The summed E-state index contributed by atoms with van der Waals surface area (Å²) in [7, 11) is 0. The summed E-state index contributed by atoms with van der Waals surface area (Å²) in [5.41, 5.74) is 0.268. The molecule has 1 unspecified atom stereocenters. The van der Waals surface area contributed by atoms with Gasteiger partial charge in [-0.2, -0.15) is 5.10 Å². The molecule has 3 heterocycles. The van der Waals surface area contributed by atoms with Crippen molar-refractivity contribution in [3.8, 4) is 0 Å². The Hall–Kier alpha value is -1.83. The quantitative estimate of drug-likeness (QED) is 0.670. The van der Waals surface area contributed by atoms with Crippen molar-refractivity contribution >= 4 is 28.7 Å². The van der Waals surface area contributed by atoms with Crippen LogP contribution in [-0.2, 0) is 10.3 Å². The van der Waals surface area contributed by atoms with E-state index in [0.29, 0.717) is 40.2 Å². The Balaban J connectivity index is 1.91. The molecule has 7 nitrogen and oxygen atoms in total. The number of amides is 1. The number of hydrogen-bond donors (Lipinski definition) is 0. The lowest BCUT2D eigenvalue weighted by Crippen LogP contribution is -2.39. The molecule has 3 rings (SSSR count). The molecular weight excluding hydrogens is 386 g/mol. The highest BCUT2D eigenvalue weighted by molar-refractivity contribution is 7.99. The molecule has 0 bridgehead atoms. The van der Waals surface area contributed by atoms with Crippen LogP contribution in [0.25, 0.3) is 11.0 Å². The molecule has 0 fully saturated rings. The molecule has 1 amide bonds. The Morgan fingerprint density at radius 3 is 2.41 bits per heavy atom. The topological polar surface area (TPSA) is 73.0 Å². The molecule has 0 aliphatic carbocycles. The molecule has 8 heteroatoms. The molecule has 0 aromatic carbocycles. The highest BCUT2D eigenvalue weighted by Gasteiger charge is 2.32. The minimum absolute atomic E-state index is 0.0948. The zero-order valence-electron chi connectivity index (χ0n) is 18.6. The number of carbonyl (C=O) groups is 1. The number of aromatic nitrogens is 4. The summed E-state index contributed by atoms with van der Waals surface area (Å²) in [6.07, 6.45) is 1.94. The summed E-state index contributed by atoms with van der Waals surface area (Å²) in [5.74, 6) is 1.63. The van der Waals surface area contributed by atoms with Gasteiger partial charge in [-0.15, -0.1) is 0 Å². The summed E-state index contributed by atoms with van der Waals surface area (Å²) in [6.45, 7) is 16.1. The summed E-state index contributed by atoms with van der Waals surface area (Å²) < 4.78 is 3.51. The molecule has 1 aliphatic heterocycles. The molecule has 1 atom stereocenters. The first kappa shape index (κ1) is 21.9. The minimum Gasteiger partial charge on any atom is -0.342 e. The van der Waals surface area contributed by atoms with Gasteiger partial charge in [-0.25, -0.2) is 9.67 Å². The highest BCUT2D eigenvalue weighted by Crippen LogP contribution is 2.34. The predicted octanol–water partition coefficient (Wildman–Crippen LogP) is 3.53. The zero-order chi connectivity index (χ0) is 21.5. The van der Waals surface area contributed by atoms with Crippen molar-refractivity contribution < 1.29 is 4.79 Å². The Labute approximate surface area is 176 Å². The van der Waals surface area contributed by atoms with E-state index in [9.17, 15) is 9.59 Å².